The van der Waals surface area contributed by atoms with Crippen molar-refractivity contribution >= 4 is 34.6 Å². The SMILES string of the molecule is CC(C)C(NC(=O)C[C@@H](C)C1CC[C@H]2[C@@H]3[C@H](N)C[C@@H]4CC(=O)CC[C@]4(C)[C@H]3CC[C@]12C)c1ccc(Cl)s1. The number of carbonyl (C=O) groups is 2. The second-order valence-corrected chi connectivity index (χ2v) is 15.7. The van der Waals surface area contributed by atoms with Gasteiger partial charge in [-0.3, -0.25) is 9.59 Å². The Bertz CT molecular complexity index is 1020. The summed E-state index contributed by atoms with van der Waals surface area (Å²) in [6.45, 7) is 11.6. The molecule has 4 nitrogen and oxygen atoms in total. The summed E-state index contributed by atoms with van der Waals surface area (Å²) in [5.74, 6) is 4.15. The Morgan fingerprint density at radius 1 is 1.14 bits per heavy atom. The normalized spacial score (nSPS) is 41.0. The minimum absolute atomic E-state index is 0.0100. The van der Waals surface area contributed by atoms with Crippen LogP contribution in [0.1, 0.15) is 103 Å². The highest BCUT2D eigenvalue weighted by Gasteiger charge is 2.62. The minimum atomic E-state index is 0.0100. The fourth-order valence-electron chi connectivity index (χ4n) is 9.81. The summed E-state index contributed by atoms with van der Waals surface area (Å²) in [6.07, 6.45) is 9.08. The number of amides is 1. The van der Waals surface area contributed by atoms with Crippen molar-refractivity contribution in [2.24, 2.45) is 58.0 Å². The smallest absolute Gasteiger partial charge is 0.220 e. The number of halogens is 1. The molecule has 4 saturated carbocycles. The van der Waals surface area contributed by atoms with Crippen LogP contribution >= 0.6 is 22.9 Å². The summed E-state index contributed by atoms with van der Waals surface area (Å²) in [5, 5.41) is 3.34. The fraction of sp³-hybridized carbons (Fsp3) is 0.806. The fourth-order valence-corrected chi connectivity index (χ4v) is 11.1. The molecule has 1 aromatic heterocycles. The van der Waals surface area contributed by atoms with E-state index in [1.165, 1.54) is 25.7 Å². The van der Waals surface area contributed by atoms with Crippen molar-refractivity contribution in [3.63, 3.8) is 0 Å². The van der Waals surface area contributed by atoms with Crippen molar-refractivity contribution in [3.8, 4) is 0 Å². The molecular weight excluding hydrogens is 500 g/mol. The molecule has 1 amide bonds. The number of thiophene rings is 1. The number of nitrogens with one attached hydrogen (secondary N) is 1. The summed E-state index contributed by atoms with van der Waals surface area (Å²) < 4.78 is 0.768. The molecule has 0 radical (unpaired) electrons. The molecule has 3 N–H and O–H groups in total. The largest absolute Gasteiger partial charge is 0.348 e. The Balaban J connectivity index is 1.28. The molecule has 0 bridgehead atoms. The van der Waals surface area contributed by atoms with E-state index < -0.39 is 0 Å². The Morgan fingerprint density at radius 3 is 2.54 bits per heavy atom. The molecule has 1 heterocycles. The Hall–Kier alpha value is -0.910. The minimum Gasteiger partial charge on any atom is -0.348 e. The van der Waals surface area contributed by atoms with Crippen LogP contribution < -0.4 is 11.1 Å². The van der Waals surface area contributed by atoms with Crippen LogP contribution in [0.25, 0.3) is 0 Å². The van der Waals surface area contributed by atoms with Crippen LogP contribution in [0, 0.1) is 52.3 Å². The summed E-state index contributed by atoms with van der Waals surface area (Å²) in [4.78, 5) is 26.7. The second kappa shape index (κ2) is 10.2. The number of carbonyl (C=O) groups excluding carboxylic acids is 2. The van der Waals surface area contributed by atoms with Gasteiger partial charge in [-0.05, 0) is 103 Å². The predicted octanol–water partition coefficient (Wildman–Crippen LogP) is 7.41. The molecular formula is C31H47ClN2O2S. The number of rotatable bonds is 6. The van der Waals surface area contributed by atoms with Gasteiger partial charge in [0.05, 0.1) is 10.4 Å². The highest BCUT2D eigenvalue weighted by Crippen LogP contribution is 2.68. The lowest BCUT2D eigenvalue weighted by Gasteiger charge is -2.62. The molecule has 5 rings (SSSR count). The third-order valence-corrected chi connectivity index (χ3v) is 13.0. The van der Waals surface area contributed by atoms with Gasteiger partial charge in [0.25, 0.3) is 0 Å². The second-order valence-electron chi connectivity index (χ2n) is 14.0. The zero-order valence-corrected chi connectivity index (χ0v) is 25.0. The van der Waals surface area contributed by atoms with Crippen molar-refractivity contribution in [2.75, 3.05) is 0 Å². The molecule has 0 spiro atoms. The van der Waals surface area contributed by atoms with Crippen LogP contribution in [0.4, 0.5) is 0 Å². The number of hydrogen-bond acceptors (Lipinski definition) is 4. The van der Waals surface area contributed by atoms with E-state index in [0.29, 0.717) is 53.6 Å². The number of ketones is 1. The Morgan fingerprint density at radius 2 is 1.86 bits per heavy atom. The molecule has 2 unspecified atom stereocenters. The van der Waals surface area contributed by atoms with Gasteiger partial charge in [-0.2, -0.15) is 0 Å². The van der Waals surface area contributed by atoms with Gasteiger partial charge in [-0.25, -0.2) is 0 Å². The van der Waals surface area contributed by atoms with Crippen molar-refractivity contribution in [2.45, 2.75) is 104 Å². The van der Waals surface area contributed by atoms with Crippen LogP contribution in [-0.4, -0.2) is 17.7 Å². The van der Waals surface area contributed by atoms with Crippen molar-refractivity contribution in [3.05, 3.63) is 21.3 Å². The maximum atomic E-state index is 13.3. The lowest BCUT2D eigenvalue weighted by molar-refractivity contribution is -0.144. The molecule has 0 saturated heterocycles. The first-order valence-corrected chi connectivity index (χ1v) is 16.0. The highest BCUT2D eigenvalue weighted by molar-refractivity contribution is 7.16. The maximum absolute atomic E-state index is 13.3. The lowest BCUT2D eigenvalue weighted by Crippen LogP contribution is -2.60. The van der Waals surface area contributed by atoms with Crippen LogP contribution in [0.15, 0.2) is 12.1 Å². The monoisotopic (exact) mass is 546 g/mol. The van der Waals surface area contributed by atoms with Crippen LogP contribution in [0.2, 0.25) is 4.34 Å². The first-order chi connectivity index (χ1) is 17.4. The third kappa shape index (κ3) is 4.84. The maximum Gasteiger partial charge on any atom is 0.220 e. The van der Waals surface area contributed by atoms with Crippen molar-refractivity contribution in [1.82, 2.24) is 5.32 Å². The van der Waals surface area contributed by atoms with Gasteiger partial charge in [-0.15, -0.1) is 11.3 Å². The predicted molar refractivity (Wildman–Crippen MR) is 152 cm³/mol. The number of nitrogens with two attached hydrogens (primary N) is 1. The summed E-state index contributed by atoms with van der Waals surface area (Å²) in [6, 6.07) is 4.19. The van der Waals surface area contributed by atoms with E-state index in [4.69, 9.17) is 17.3 Å². The standard InChI is InChI=1S/C31H47ClN2O2S/c1-17(2)29(25-8-9-26(32)37-25)34-27(36)14-18(3)21-6-7-22-28-23(11-13-31(21,22)5)30(4)12-10-20(35)15-19(30)16-24(28)33/h8-9,17-19,21-24,28-29H,6-7,10-16,33H2,1-5H3,(H,34,36)/t18-,19+,21?,22+,23+,24-,28+,29?,30+,31-/m1/s1. The summed E-state index contributed by atoms with van der Waals surface area (Å²) in [5.41, 5.74) is 7.50. The van der Waals surface area contributed by atoms with Crippen molar-refractivity contribution < 1.29 is 9.59 Å². The zero-order valence-electron chi connectivity index (χ0n) is 23.4. The van der Waals surface area contributed by atoms with Gasteiger partial charge in [0.2, 0.25) is 5.91 Å². The molecule has 0 aliphatic heterocycles. The van der Waals surface area contributed by atoms with E-state index in [-0.39, 0.29) is 28.8 Å². The van der Waals surface area contributed by atoms with Gasteiger partial charge in [0.1, 0.15) is 5.78 Å². The van der Waals surface area contributed by atoms with Crippen LogP contribution in [-0.2, 0) is 9.59 Å². The van der Waals surface area contributed by atoms with E-state index in [1.807, 2.05) is 12.1 Å². The van der Waals surface area contributed by atoms with E-state index in [2.05, 4.69) is 39.9 Å². The average molecular weight is 547 g/mol. The number of fused-ring (bicyclic) bond motifs is 5. The molecule has 0 aromatic carbocycles. The third-order valence-electron chi connectivity index (χ3n) is 11.7. The highest BCUT2D eigenvalue weighted by atomic mass is 35.5. The summed E-state index contributed by atoms with van der Waals surface area (Å²) >= 11 is 7.75. The molecule has 6 heteroatoms. The van der Waals surface area contributed by atoms with Gasteiger partial charge in [0, 0.05) is 30.2 Å². The lowest BCUT2D eigenvalue weighted by atomic mass is 9.43. The van der Waals surface area contributed by atoms with Gasteiger partial charge < -0.3 is 11.1 Å². The van der Waals surface area contributed by atoms with Gasteiger partial charge in [-0.1, -0.05) is 46.2 Å². The van der Waals surface area contributed by atoms with E-state index in [1.54, 1.807) is 11.3 Å². The first kappa shape index (κ1) is 27.6. The molecule has 10 atom stereocenters. The topological polar surface area (TPSA) is 72.2 Å². The number of hydrogen-bond donors (Lipinski definition) is 2. The van der Waals surface area contributed by atoms with Gasteiger partial charge in [0.15, 0.2) is 0 Å². The number of Topliss-reactive ketones (excluding diaryl/α,β-unsaturated/α-hetero) is 1. The Kier molecular flexibility index (Phi) is 7.66. The molecule has 4 aliphatic carbocycles. The Labute approximate surface area is 232 Å². The molecule has 4 aliphatic rings. The molecule has 206 valence electrons. The first-order valence-electron chi connectivity index (χ1n) is 14.8. The zero-order chi connectivity index (χ0) is 26.7. The van der Waals surface area contributed by atoms with E-state index in [9.17, 15) is 9.59 Å². The van der Waals surface area contributed by atoms with E-state index >= 15 is 0 Å². The van der Waals surface area contributed by atoms with Crippen molar-refractivity contribution in [1.29, 1.82) is 0 Å². The van der Waals surface area contributed by atoms with E-state index in [0.717, 1.165) is 34.9 Å². The van der Waals surface area contributed by atoms with Gasteiger partial charge >= 0.3 is 0 Å². The average Bonchev–Trinajstić information content (AvgIpc) is 3.41. The quantitative estimate of drug-likeness (QED) is 0.390. The molecule has 4 fully saturated rings. The molecule has 1 aromatic rings. The summed E-state index contributed by atoms with van der Waals surface area (Å²) in [7, 11) is 0. The van der Waals surface area contributed by atoms with Crippen LogP contribution in [0.3, 0.4) is 0 Å². The van der Waals surface area contributed by atoms with Crippen LogP contribution in [0.5, 0.6) is 0 Å². The molecule has 37 heavy (non-hydrogen) atoms.